The minimum atomic E-state index is -0.397. The second-order valence-corrected chi connectivity index (χ2v) is 5.81. The Bertz CT molecular complexity index is 456. The van der Waals surface area contributed by atoms with Crippen molar-refractivity contribution in [2.75, 3.05) is 19.0 Å². The lowest BCUT2D eigenvalue weighted by atomic mass is 9.87. The van der Waals surface area contributed by atoms with Crippen LogP contribution >= 0.6 is 11.6 Å². The van der Waals surface area contributed by atoms with Crippen LogP contribution in [0.3, 0.4) is 0 Å². The van der Waals surface area contributed by atoms with E-state index in [-0.39, 0.29) is 0 Å². The van der Waals surface area contributed by atoms with Crippen molar-refractivity contribution in [3.05, 3.63) is 28.8 Å². The van der Waals surface area contributed by atoms with Crippen molar-refractivity contribution in [3.8, 4) is 0 Å². The summed E-state index contributed by atoms with van der Waals surface area (Å²) < 4.78 is 4.72. The Morgan fingerprint density at radius 1 is 1.35 bits per heavy atom. The molecule has 1 fully saturated rings. The molecule has 2 rings (SSSR count). The molecule has 20 heavy (non-hydrogen) atoms. The Kier molecular flexibility index (Phi) is 5.72. The van der Waals surface area contributed by atoms with Crippen LogP contribution in [0.5, 0.6) is 0 Å². The minimum absolute atomic E-state index is 0.397. The van der Waals surface area contributed by atoms with Gasteiger partial charge in [0.05, 0.1) is 17.7 Å². The summed E-state index contributed by atoms with van der Waals surface area (Å²) in [6, 6.07) is 5.39. The second kappa shape index (κ2) is 7.53. The molecule has 1 N–H and O–H groups in total. The lowest BCUT2D eigenvalue weighted by Gasteiger charge is -2.21. The second-order valence-electron chi connectivity index (χ2n) is 5.41. The van der Waals surface area contributed by atoms with E-state index in [0.29, 0.717) is 10.6 Å². The highest BCUT2D eigenvalue weighted by atomic mass is 35.5. The van der Waals surface area contributed by atoms with Gasteiger partial charge in [0.1, 0.15) is 0 Å². The quantitative estimate of drug-likeness (QED) is 0.812. The molecule has 0 saturated heterocycles. The fourth-order valence-electron chi connectivity index (χ4n) is 2.80. The highest BCUT2D eigenvalue weighted by Gasteiger charge is 2.14. The van der Waals surface area contributed by atoms with Crippen molar-refractivity contribution < 1.29 is 9.53 Å². The Morgan fingerprint density at radius 3 is 2.80 bits per heavy atom. The number of hydrogen-bond acceptors (Lipinski definition) is 3. The molecule has 0 aliphatic heterocycles. The fraction of sp³-hybridized carbons (Fsp3) is 0.562. The van der Waals surface area contributed by atoms with E-state index in [1.54, 1.807) is 12.1 Å². The summed E-state index contributed by atoms with van der Waals surface area (Å²) in [6.07, 6.45) is 8.04. The average molecular weight is 296 g/mol. The van der Waals surface area contributed by atoms with Gasteiger partial charge >= 0.3 is 5.97 Å². The molecule has 1 saturated carbocycles. The van der Waals surface area contributed by atoms with Crippen molar-refractivity contribution in [3.63, 3.8) is 0 Å². The lowest BCUT2D eigenvalue weighted by molar-refractivity contribution is 0.0601. The van der Waals surface area contributed by atoms with Crippen LogP contribution in [0.25, 0.3) is 0 Å². The number of methoxy groups -OCH3 is 1. The average Bonchev–Trinajstić information content (AvgIpc) is 2.49. The largest absolute Gasteiger partial charge is 0.465 e. The minimum Gasteiger partial charge on any atom is -0.465 e. The summed E-state index contributed by atoms with van der Waals surface area (Å²) in [6.45, 7) is 0.937. The van der Waals surface area contributed by atoms with Gasteiger partial charge in [-0.25, -0.2) is 4.79 Å². The zero-order valence-corrected chi connectivity index (χ0v) is 12.7. The molecule has 1 aromatic carbocycles. The Balaban J connectivity index is 1.87. The van der Waals surface area contributed by atoms with E-state index in [9.17, 15) is 4.79 Å². The van der Waals surface area contributed by atoms with Gasteiger partial charge in [0.2, 0.25) is 0 Å². The van der Waals surface area contributed by atoms with E-state index < -0.39 is 5.97 Å². The summed E-state index contributed by atoms with van der Waals surface area (Å²) in [7, 11) is 1.36. The van der Waals surface area contributed by atoms with Crippen LogP contribution in [0, 0.1) is 5.92 Å². The van der Waals surface area contributed by atoms with E-state index in [2.05, 4.69) is 5.32 Å². The van der Waals surface area contributed by atoms with Crippen LogP contribution < -0.4 is 5.32 Å². The van der Waals surface area contributed by atoms with Gasteiger partial charge in [-0.1, -0.05) is 43.7 Å². The summed E-state index contributed by atoms with van der Waals surface area (Å²) in [5.41, 5.74) is 1.34. The Labute approximate surface area is 125 Å². The number of carbonyl (C=O) groups excluding carboxylic acids is 1. The number of halogens is 1. The number of benzene rings is 1. The van der Waals surface area contributed by atoms with Crippen molar-refractivity contribution in [1.29, 1.82) is 0 Å². The molecule has 4 heteroatoms. The normalized spacial score (nSPS) is 15.9. The number of rotatable bonds is 5. The summed E-state index contributed by atoms with van der Waals surface area (Å²) in [4.78, 5) is 11.6. The molecule has 110 valence electrons. The van der Waals surface area contributed by atoms with Crippen molar-refractivity contribution in [2.24, 2.45) is 5.92 Å². The van der Waals surface area contributed by atoms with Crippen LogP contribution in [0.15, 0.2) is 18.2 Å². The SMILES string of the molecule is COC(=O)c1cc(NCCC2CCCCC2)ccc1Cl. The number of esters is 1. The standard InChI is InChI=1S/C16H22ClNO2/c1-20-16(19)14-11-13(7-8-15(14)17)18-10-9-12-5-3-2-4-6-12/h7-8,11-12,18H,2-6,9-10H2,1H3. The van der Waals surface area contributed by atoms with Crippen LogP contribution in [-0.4, -0.2) is 19.6 Å². The predicted octanol–water partition coefficient (Wildman–Crippen LogP) is 4.51. The first-order valence-corrected chi connectivity index (χ1v) is 7.70. The molecule has 0 unspecified atom stereocenters. The van der Waals surface area contributed by atoms with E-state index in [0.717, 1.165) is 18.2 Å². The Hall–Kier alpha value is -1.22. The fourth-order valence-corrected chi connectivity index (χ4v) is 2.99. The predicted molar refractivity (Wildman–Crippen MR) is 82.5 cm³/mol. The van der Waals surface area contributed by atoms with Gasteiger partial charge in [-0.3, -0.25) is 0 Å². The van der Waals surface area contributed by atoms with Crippen molar-refractivity contribution >= 4 is 23.3 Å². The third-order valence-corrected chi connectivity index (χ3v) is 4.31. The van der Waals surface area contributed by atoms with Crippen LogP contribution in [-0.2, 0) is 4.74 Å². The maximum atomic E-state index is 11.6. The molecule has 0 amide bonds. The summed E-state index contributed by atoms with van der Waals surface area (Å²) in [5.74, 6) is 0.453. The molecular weight excluding hydrogens is 274 g/mol. The lowest BCUT2D eigenvalue weighted by Crippen LogP contribution is -2.12. The number of carbonyl (C=O) groups is 1. The zero-order valence-electron chi connectivity index (χ0n) is 12.0. The molecule has 0 radical (unpaired) electrons. The Morgan fingerprint density at radius 2 is 2.10 bits per heavy atom. The van der Waals surface area contributed by atoms with Gasteiger partial charge in [0.15, 0.2) is 0 Å². The van der Waals surface area contributed by atoms with Gasteiger partial charge < -0.3 is 10.1 Å². The van der Waals surface area contributed by atoms with E-state index in [1.165, 1.54) is 45.6 Å². The first kappa shape index (κ1) is 15.2. The van der Waals surface area contributed by atoms with Gasteiger partial charge in [0.25, 0.3) is 0 Å². The molecular formula is C16H22ClNO2. The maximum Gasteiger partial charge on any atom is 0.339 e. The number of anilines is 1. The van der Waals surface area contributed by atoms with Crippen LogP contribution in [0.1, 0.15) is 48.9 Å². The first-order valence-electron chi connectivity index (χ1n) is 7.32. The van der Waals surface area contributed by atoms with Gasteiger partial charge in [-0.15, -0.1) is 0 Å². The van der Waals surface area contributed by atoms with Gasteiger partial charge in [0, 0.05) is 12.2 Å². The van der Waals surface area contributed by atoms with Gasteiger partial charge in [-0.2, -0.15) is 0 Å². The van der Waals surface area contributed by atoms with Crippen molar-refractivity contribution in [1.82, 2.24) is 0 Å². The molecule has 1 aliphatic carbocycles. The highest BCUT2D eigenvalue weighted by molar-refractivity contribution is 6.33. The molecule has 3 nitrogen and oxygen atoms in total. The molecule has 1 aliphatic rings. The van der Waals surface area contributed by atoms with E-state index >= 15 is 0 Å². The maximum absolute atomic E-state index is 11.6. The molecule has 0 bridgehead atoms. The number of hydrogen-bond donors (Lipinski definition) is 1. The van der Waals surface area contributed by atoms with Crippen LogP contribution in [0.2, 0.25) is 5.02 Å². The van der Waals surface area contributed by atoms with Crippen LogP contribution in [0.4, 0.5) is 5.69 Å². The van der Waals surface area contributed by atoms with Crippen molar-refractivity contribution in [2.45, 2.75) is 38.5 Å². The van der Waals surface area contributed by atoms with E-state index in [4.69, 9.17) is 16.3 Å². The van der Waals surface area contributed by atoms with Gasteiger partial charge in [-0.05, 0) is 30.5 Å². The monoisotopic (exact) mass is 295 g/mol. The summed E-state index contributed by atoms with van der Waals surface area (Å²) >= 11 is 6.00. The smallest absolute Gasteiger partial charge is 0.339 e. The summed E-state index contributed by atoms with van der Waals surface area (Å²) in [5, 5.41) is 3.80. The van der Waals surface area contributed by atoms with E-state index in [1.807, 2.05) is 6.07 Å². The molecule has 1 aromatic rings. The molecule has 0 heterocycles. The number of nitrogens with one attached hydrogen (secondary N) is 1. The first-order chi connectivity index (χ1) is 9.70. The third kappa shape index (κ3) is 4.14. The topological polar surface area (TPSA) is 38.3 Å². The molecule has 0 atom stereocenters. The zero-order chi connectivity index (χ0) is 14.4. The third-order valence-electron chi connectivity index (χ3n) is 3.98. The number of ether oxygens (including phenoxy) is 1. The highest BCUT2D eigenvalue weighted by Crippen LogP contribution is 2.26. The molecule has 0 aromatic heterocycles. The molecule has 0 spiro atoms.